The zero-order chi connectivity index (χ0) is 12.7. The van der Waals surface area contributed by atoms with E-state index in [0.717, 1.165) is 11.8 Å². The second kappa shape index (κ2) is 6.79. The Morgan fingerprint density at radius 1 is 1.47 bits per heavy atom. The van der Waals surface area contributed by atoms with Crippen LogP contribution in [-0.2, 0) is 9.59 Å². The third-order valence-corrected chi connectivity index (χ3v) is 2.73. The smallest absolute Gasteiger partial charge is 0.216 e. The maximum Gasteiger partial charge on any atom is 0.216 e. The number of hydrogen-bond acceptors (Lipinski definition) is 6. The van der Waals surface area contributed by atoms with E-state index in [-0.39, 0.29) is 11.0 Å². The molecule has 0 spiro atoms. The van der Waals surface area contributed by atoms with E-state index < -0.39 is 0 Å². The molecule has 17 heavy (non-hydrogen) atoms. The van der Waals surface area contributed by atoms with Crippen LogP contribution in [0, 0.1) is 0 Å². The van der Waals surface area contributed by atoms with Crippen molar-refractivity contribution in [2.24, 2.45) is 0 Å². The minimum atomic E-state index is -0.0999. The quantitative estimate of drug-likeness (QED) is 0.567. The fourth-order valence-electron chi connectivity index (χ4n) is 0.968. The highest BCUT2D eigenvalue weighted by Crippen LogP contribution is 2.11. The molecule has 0 radical (unpaired) electrons. The van der Waals surface area contributed by atoms with Gasteiger partial charge in [0.15, 0.2) is 5.82 Å². The molecule has 1 heterocycles. The lowest BCUT2D eigenvalue weighted by Crippen LogP contribution is -2.22. The fraction of sp³-hybridized carbons (Fsp3) is 0.444. The number of aromatic amines is 1. The average Bonchev–Trinajstić information content (AvgIpc) is 2.76. The molecule has 0 unspecified atom stereocenters. The molecule has 0 atom stereocenters. The van der Waals surface area contributed by atoms with Crippen LogP contribution in [0.15, 0.2) is 5.57 Å². The van der Waals surface area contributed by atoms with E-state index in [2.05, 4.69) is 25.9 Å². The number of nitrogens with one attached hydrogen (secondary N) is 2. The maximum atomic E-state index is 11.6. The van der Waals surface area contributed by atoms with E-state index in [1.807, 2.05) is 0 Å². The lowest BCUT2D eigenvalue weighted by atomic mass is 10.3. The molecule has 8 heteroatoms. The first-order valence-corrected chi connectivity index (χ1v) is 5.91. The second-order valence-electron chi connectivity index (χ2n) is 3.22. The number of tetrazole rings is 1. The highest BCUT2D eigenvalue weighted by atomic mass is 32.2. The topological polar surface area (TPSA) is 101 Å². The zero-order valence-corrected chi connectivity index (χ0v) is 10.4. The van der Waals surface area contributed by atoms with Crippen LogP contribution in [0.1, 0.15) is 19.7 Å². The molecule has 92 valence electrons. The lowest BCUT2D eigenvalue weighted by molar-refractivity contribution is -0.118. The number of carbonyl (C=O) groups excluding carboxylic acids is 2. The largest absolute Gasteiger partial charge is 0.356 e. The van der Waals surface area contributed by atoms with Crippen molar-refractivity contribution >= 4 is 28.9 Å². The molecule has 0 aliphatic carbocycles. The van der Waals surface area contributed by atoms with E-state index in [4.69, 9.17) is 0 Å². The Morgan fingerprint density at radius 2 is 2.24 bits per heavy atom. The molecule has 7 nitrogen and oxygen atoms in total. The molecule has 0 fully saturated rings. The Morgan fingerprint density at radius 3 is 2.82 bits per heavy atom. The Hall–Kier alpha value is -1.70. The van der Waals surface area contributed by atoms with Crippen LogP contribution in [0.2, 0.25) is 0 Å². The Balaban J connectivity index is 2.35. The number of H-pyrrole nitrogens is 1. The molecule has 2 N–H and O–H groups in total. The van der Waals surface area contributed by atoms with Crippen molar-refractivity contribution < 1.29 is 9.59 Å². The highest BCUT2D eigenvalue weighted by Gasteiger charge is 2.06. The molecule has 0 aromatic carbocycles. The van der Waals surface area contributed by atoms with Crippen molar-refractivity contribution in [1.29, 1.82) is 0 Å². The first kappa shape index (κ1) is 13.4. The Bertz CT molecular complexity index is 415. The van der Waals surface area contributed by atoms with Gasteiger partial charge in [-0.05, 0) is 18.2 Å². The standard InChI is InChI=1S/C9H13N5O2S/c1-6(5-8-11-13-14-12-8)9(16)17-4-3-10-7(2)15/h5H,3-4H2,1-2H3,(H,10,15)(H,11,12,13,14)/b6-5+. The van der Waals surface area contributed by atoms with Gasteiger partial charge in [-0.1, -0.05) is 11.8 Å². The van der Waals surface area contributed by atoms with Crippen molar-refractivity contribution in [3.63, 3.8) is 0 Å². The monoisotopic (exact) mass is 255 g/mol. The van der Waals surface area contributed by atoms with Gasteiger partial charge in [-0.15, -0.1) is 10.2 Å². The summed E-state index contributed by atoms with van der Waals surface area (Å²) in [6.45, 7) is 3.60. The van der Waals surface area contributed by atoms with E-state index in [9.17, 15) is 9.59 Å². The van der Waals surface area contributed by atoms with E-state index >= 15 is 0 Å². The van der Waals surface area contributed by atoms with Crippen LogP contribution in [0.4, 0.5) is 0 Å². The van der Waals surface area contributed by atoms with Gasteiger partial charge in [0.05, 0.1) is 0 Å². The number of thioether (sulfide) groups is 1. The van der Waals surface area contributed by atoms with Crippen LogP contribution < -0.4 is 5.32 Å². The van der Waals surface area contributed by atoms with Gasteiger partial charge >= 0.3 is 0 Å². The van der Waals surface area contributed by atoms with Crippen LogP contribution in [0.3, 0.4) is 0 Å². The first-order valence-electron chi connectivity index (χ1n) is 4.93. The molecule has 1 aromatic rings. The molecule has 1 rings (SSSR count). The van der Waals surface area contributed by atoms with Crippen LogP contribution in [0.25, 0.3) is 6.08 Å². The lowest BCUT2D eigenvalue weighted by Gasteiger charge is -2.01. The summed E-state index contributed by atoms with van der Waals surface area (Å²) in [5.74, 6) is 0.811. The average molecular weight is 255 g/mol. The third kappa shape index (κ3) is 5.25. The predicted octanol–water partition coefficient (Wildman–Crippen LogP) is -0.00110. The van der Waals surface area contributed by atoms with Crippen molar-refractivity contribution in [3.8, 4) is 0 Å². The minimum Gasteiger partial charge on any atom is -0.356 e. The van der Waals surface area contributed by atoms with Gasteiger partial charge < -0.3 is 5.32 Å². The predicted molar refractivity (Wildman–Crippen MR) is 64.0 cm³/mol. The summed E-state index contributed by atoms with van der Waals surface area (Å²) >= 11 is 1.14. The van der Waals surface area contributed by atoms with Crippen LogP contribution >= 0.6 is 11.8 Å². The van der Waals surface area contributed by atoms with Gasteiger partial charge in [0.1, 0.15) is 0 Å². The summed E-state index contributed by atoms with van der Waals surface area (Å²) in [5, 5.41) is 15.7. The van der Waals surface area contributed by atoms with Gasteiger partial charge in [-0.3, -0.25) is 9.59 Å². The van der Waals surface area contributed by atoms with Gasteiger partial charge in [0.2, 0.25) is 11.0 Å². The number of hydrogen-bond donors (Lipinski definition) is 2. The molecule has 1 aromatic heterocycles. The Kier molecular flexibility index (Phi) is 5.34. The molecule has 0 saturated carbocycles. The SMILES string of the molecule is CC(=O)NCCSC(=O)/C(C)=C/c1nn[nH]n1. The number of aromatic nitrogens is 4. The maximum absolute atomic E-state index is 11.6. The molecule has 0 bridgehead atoms. The summed E-state index contributed by atoms with van der Waals surface area (Å²) in [5.41, 5.74) is 0.541. The summed E-state index contributed by atoms with van der Waals surface area (Å²) in [4.78, 5) is 22.2. The van der Waals surface area contributed by atoms with Gasteiger partial charge in [-0.25, -0.2) is 0 Å². The van der Waals surface area contributed by atoms with Crippen molar-refractivity contribution in [3.05, 3.63) is 11.4 Å². The summed E-state index contributed by atoms with van der Waals surface area (Å²) < 4.78 is 0. The molecular weight excluding hydrogens is 242 g/mol. The van der Waals surface area contributed by atoms with Gasteiger partial charge in [0.25, 0.3) is 0 Å². The molecular formula is C9H13N5O2S. The summed E-state index contributed by atoms with van der Waals surface area (Å²) in [6.07, 6.45) is 1.55. The van der Waals surface area contributed by atoms with E-state index in [0.29, 0.717) is 23.7 Å². The van der Waals surface area contributed by atoms with E-state index in [1.54, 1.807) is 13.0 Å². The van der Waals surface area contributed by atoms with Crippen LogP contribution in [0.5, 0.6) is 0 Å². The Labute approximate surface area is 102 Å². The first-order chi connectivity index (χ1) is 8.09. The zero-order valence-electron chi connectivity index (χ0n) is 9.56. The molecule has 0 aliphatic rings. The van der Waals surface area contributed by atoms with Crippen LogP contribution in [-0.4, -0.2) is 43.9 Å². The number of nitrogens with zero attached hydrogens (tertiary/aromatic N) is 3. The number of carbonyl (C=O) groups is 2. The van der Waals surface area contributed by atoms with Gasteiger partial charge in [-0.2, -0.15) is 5.21 Å². The highest BCUT2D eigenvalue weighted by molar-refractivity contribution is 8.14. The normalized spacial score (nSPS) is 11.3. The molecule has 0 aliphatic heterocycles. The van der Waals surface area contributed by atoms with Crippen molar-refractivity contribution in [2.45, 2.75) is 13.8 Å². The number of amides is 1. The van der Waals surface area contributed by atoms with Crippen molar-refractivity contribution in [2.75, 3.05) is 12.3 Å². The minimum absolute atomic E-state index is 0.0693. The van der Waals surface area contributed by atoms with Gasteiger partial charge in [0, 0.05) is 24.8 Å². The summed E-state index contributed by atoms with van der Waals surface area (Å²) in [7, 11) is 0. The molecule has 1 amide bonds. The fourth-order valence-corrected chi connectivity index (χ4v) is 1.64. The second-order valence-corrected chi connectivity index (χ2v) is 4.28. The summed E-state index contributed by atoms with van der Waals surface area (Å²) in [6, 6.07) is 0. The van der Waals surface area contributed by atoms with Crippen molar-refractivity contribution in [1.82, 2.24) is 25.9 Å². The van der Waals surface area contributed by atoms with E-state index in [1.165, 1.54) is 6.92 Å². The number of rotatable bonds is 5. The third-order valence-electron chi connectivity index (χ3n) is 1.74. The molecule has 0 saturated heterocycles.